The van der Waals surface area contributed by atoms with Crippen LogP contribution in [0.2, 0.25) is 0 Å². The van der Waals surface area contributed by atoms with Gasteiger partial charge in [-0.25, -0.2) is 0 Å². The second kappa shape index (κ2) is 4.73. The lowest BCUT2D eigenvalue weighted by Gasteiger charge is -2.07. The quantitative estimate of drug-likeness (QED) is 0.433. The largest absolute Gasteiger partial charge is 0.426 e. The van der Waals surface area contributed by atoms with Crippen molar-refractivity contribution in [2.75, 3.05) is 0 Å². The number of hydrogen-bond acceptors (Lipinski definition) is 3. The highest BCUT2D eigenvalue weighted by molar-refractivity contribution is 5.99. The molecule has 1 aromatic rings. The zero-order valence-corrected chi connectivity index (χ0v) is 9.16. The standard InChI is InChI=1S/C12H14O3/c1-4-11(14)10-6-5-8(2)7-12(10)15-9(3)13/h5-7H,4H2,1-3H3. The molecule has 0 saturated heterocycles. The number of ether oxygens (including phenoxy) is 1. The molecule has 0 aliphatic heterocycles. The fourth-order valence-corrected chi connectivity index (χ4v) is 1.29. The summed E-state index contributed by atoms with van der Waals surface area (Å²) in [7, 11) is 0. The van der Waals surface area contributed by atoms with Crippen LogP contribution in [-0.4, -0.2) is 11.8 Å². The number of aryl methyl sites for hydroxylation is 1. The van der Waals surface area contributed by atoms with Gasteiger partial charge in [0.05, 0.1) is 5.56 Å². The Bertz CT molecular complexity index is 394. The zero-order valence-electron chi connectivity index (χ0n) is 9.16. The minimum absolute atomic E-state index is 0.0220. The van der Waals surface area contributed by atoms with E-state index in [2.05, 4.69) is 0 Å². The third kappa shape index (κ3) is 2.91. The van der Waals surface area contributed by atoms with Gasteiger partial charge in [0.1, 0.15) is 5.75 Å². The lowest BCUT2D eigenvalue weighted by molar-refractivity contribution is -0.131. The Morgan fingerprint density at radius 1 is 1.33 bits per heavy atom. The number of carbonyl (C=O) groups excluding carboxylic acids is 2. The second-order valence-corrected chi connectivity index (χ2v) is 3.37. The van der Waals surface area contributed by atoms with E-state index in [0.29, 0.717) is 17.7 Å². The molecule has 0 N–H and O–H groups in total. The number of esters is 1. The summed E-state index contributed by atoms with van der Waals surface area (Å²) in [6.45, 7) is 4.98. The van der Waals surface area contributed by atoms with Crippen molar-refractivity contribution in [3.63, 3.8) is 0 Å². The molecule has 0 atom stereocenters. The molecule has 0 aliphatic rings. The fourth-order valence-electron chi connectivity index (χ4n) is 1.29. The van der Waals surface area contributed by atoms with Gasteiger partial charge >= 0.3 is 5.97 Å². The van der Waals surface area contributed by atoms with E-state index in [-0.39, 0.29) is 5.78 Å². The highest BCUT2D eigenvalue weighted by atomic mass is 16.5. The molecule has 3 nitrogen and oxygen atoms in total. The third-order valence-electron chi connectivity index (χ3n) is 2.01. The molecule has 1 rings (SSSR count). The average Bonchev–Trinajstić information content (AvgIpc) is 2.16. The molecule has 0 fully saturated rings. The van der Waals surface area contributed by atoms with Crippen LogP contribution in [0, 0.1) is 6.92 Å². The molecule has 0 saturated carbocycles. The number of rotatable bonds is 3. The number of carbonyl (C=O) groups is 2. The van der Waals surface area contributed by atoms with E-state index in [1.165, 1.54) is 6.92 Å². The first-order chi connectivity index (χ1) is 7.04. The van der Waals surface area contributed by atoms with Gasteiger partial charge < -0.3 is 4.74 Å². The van der Waals surface area contributed by atoms with Gasteiger partial charge in [-0.3, -0.25) is 9.59 Å². The van der Waals surface area contributed by atoms with Gasteiger partial charge in [-0.1, -0.05) is 13.0 Å². The molecule has 0 radical (unpaired) electrons. The van der Waals surface area contributed by atoms with Crippen LogP contribution >= 0.6 is 0 Å². The van der Waals surface area contributed by atoms with Gasteiger partial charge in [0, 0.05) is 13.3 Å². The van der Waals surface area contributed by atoms with Gasteiger partial charge in [0.15, 0.2) is 5.78 Å². The molecule has 80 valence electrons. The Morgan fingerprint density at radius 2 is 2.00 bits per heavy atom. The van der Waals surface area contributed by atoms with Crippen molar-refractivity contribution in [2.45, 2.75) is 27.2 Å². The summed E-state index contributed by atoms with van der Waals surface area (Å²) in [5.74, 6) is -0.0775. The topological polar surface area (TPSA) is 43.4 Å². The van der Waals surface area contributed by atoms with Crippen LogP contribution in [-0.2, 0) is 4.79 Å². The van der Waals surface area contributed by atoms with E-state index in [1.54, 1.807) is 19.1 Å². The van der Waals surface area contributed by atoms with E-state index >= 15 is 0 Å². The Morgan fingerprint density at radius 3 is 2.53 bits per heavy atom. The number of benzene rings is 1. The number of Topliss-reactive ketones (excluding diaryl/α,β-unsaturated/α-hetero) is 1. The third-order valence-corrected chi connectivity index (χ3v) is 2.01. The van der Waals surface area contributed by atoms with Gasteiger partial charge in [0.2, 0.25) is 0 Å². The summed E-state index contributed by atoms with van der Waals surface area (Å²) in [4.78, 5) is 22.4. The Hall–Kier alpha value is -1.64. The lowest BCUT2D eigenvalue weighted by Crippen LogP contribution is -2.07. The highest BCUT2D eigenvalue weighted by Gasteiger charge is 2.12. The highest BCUT2D eigenvalue weighted by Crippen LogP contribution is 2.21. The summed E-state index contributed by atoms with van der Waals surface area (Å²) < 4.78 is 4.99. The minimum Gasteiger partial charge on any atom is -0.426 e. The van der Waals surface area contributed by atoms with Gasteiger partial charge in [-0.2, -0.15) is 0 Å². The van der Waals surface area contributed by atoms with Crippen molar-refractivity contribution in [1.29, 1.82) is 0 Å². The molecule has 0 amide bonds. The first kappa shape index (κ1) is 11.4. The molecule has 0 unspecified atom stereocenters. The smallest absolute Gasteiger partial charge is 0.308 e. The van der Waals surface area contributed by atoms with Crippen LogP contribution < -0.4 is 4.74 Å². The van der Waals surface area contributed by atoms with Crippen molar-refractivity contribution >= 4 is 11.8 Å². The van der Waals surface area contributed by atoms with Crippen LogP contribution in [0.1, 0.15) is 36.2 Å². The maximum Gasteiger partial charge on any atom is 0.308 e. The monoisotopic (exact) mass is 206 g/mol. The van der Waals surface area contributed by atoms with E-state index in [1.807, 2.05) is 13.0 Å². The molecule has 0 aliphatic carbocycles. The zero-order chi connectivity index (χ0) is 11.4. The molecule has 1 aromatic carbocycles. The van der Waals surface area contributed by atoms with Crippen molar-refractivity contribution in [3.8, 4) is 5.75 Å². The molecule has 3 heteroatoms. The van der Waals surface area contributed by atoms with E-state index in [9.17, 15) is 9.59 Å². The normalized spacial score (nSPS) is 9.80. The summed E-state index contributed by atoms with van der Waals surface area (Å²) in [6, 6.07) is 5.22. The summed E-state index contributed by atoms with van der Waals surface area (Å²) in [5, 5.41) is 0. The average molecular weight is 206 g/mol. The van der Waals surface area contributed by atoms with Crippen LogP contribution in [0.5, 0.6) is 5.75 Å². The molecule has 0 bridgehead atoms. The molecule has 0 spiro atoms. The van der Waals surface area contributed by atoms with Gasteiger partial charge in [0.25, 0.3) is 0 Å². The Kier molecular flexibility index (Phi) is 3.61. The predicted octanol–water partition coefficient (Wildman–Crippen LogP) is 2.51. The first-order valence-corrected chi connectivity index (χ1v) is 4.87. The summed E-state index contributed by atoms with van der Waals surface area (Å²) >= 11 is 0. The Balaban J connectivity index is 3.13. The van der Waals surface area contributed by atoms with Crippen molar-refractivity contribution in [1.82, 2.24) is 0 Å². The summed E-state index contributed by atoms with van der Waals surface area (Å²) in [6.07, 6.45) is 0.400. The molecular formula is C12H14O3. The van der Waals surface area contributed by atoms with Gasteiger partial charge in [-0.05, 0) is 24.6 Å². The van der Waals surface area contributed by atoms with Crippen molar-refractivity contribution < 1.29 is 14.3 Å². The van der Waals surface area contributed by atoms with Crippen molar-refractivity contribution in [2.24, 2.45) is 0 Å². The predicted molar refractivity (Wildman–Crippen MR) is 57.1 cm³/mol. The minimum atomic E-state index is -0.411. The van der Waals surface area contributed by atoms with Crippen LogP contribution in [0.4, 0.5) is 0 Å². The van der Waals surface area contributed by atoms with E-state index in [0.717, 1.165) is 5.56 Å². The van der Waals surface area contributed by atoms with Crippen molar-refractivity contribution in [3.05, 3.63) is 29.3 Å². The first-order valence-electron chi connectivity index (χ1n) is 4.87. The van der Waals surface area contributed by atoms with Gasteiger partial charge in [-0.15, -0.1) is 0 Å². The maximum atomic E-state index is 11.5. The Labute approximate surface area is 89.1 Å². The van der Waals surface area contributed by atoms with E-state index in [4.69, 9.17) is 4.74 Å². The van der Waals surface area contributed by atoms with Crippen LogP contribution in [0.3, 0.4) is 0 Å². The molecule has 0 heterocycles. The molecular weight excluding hydrogens is 192 g/mol. The number of ketones is 1. The maximum absolute atomic E-state index is 11.5. The number of hydrogen-bond donors (Lipinski definition) is 0. The van der Waals surface area contributed by atoms with Crippen LogP contribution in [0.25, 0.3) is 0 Å². The van der Waals surface area contributed by atoms with E-state index < -0.39 is 5.97 Å². The second-order valence-electron chi connectivity index (χ2n) is 3.37. The van der Waals surface area contributed by atoms with Crippen LogP contribution in [0.15, 0.2) is 18.2 Å². The SMILES string of the molecule is CCC(=O)c1ccc(C)cc1OC(C)=O. The summed E-state index contributed by atoms with van der Waals surface area (Å²) in [5.41, 5.74) is 1.43. The molecule has 0 aromatic heterocycles. The molecule has 15 heavy (non-hydrogen) atoms. The lowest BCUT2D eigenvalue weighted by atomic mass is 10.1. The fraction of sp³-hybridized carbons (Fsp3) is 0.333.